The molecule has 1 unspecified atom stereocenters. The van der Waals surface area contributed by atoms with E-state index in [4.69, 9.17) is 0 Å². The number of rotatable bonds is 6. The minimum absolute atomic E-state index is 0.929. The van der Waals surface area contributed by atoms with Gasteiger partial charge in [0, 0.05) is 0 Å². The molecule has 2 aromatic rings. The molecule has 0 heterocycles. The minimum atomic E-state index is 0.929. The molecule has 0 fully saturated rings. The van der Waals surface area contributed by atoms with E-state index < -0.39 is 0 Å². The summed E-state index contributed by atoms with van der Waals surface area (Å²) in [6, 6.07) is 13.7. The fraction of sp³-hybridized carbons (Fsp3) is 0.478. The molecular weight excluding hydrogens is 276 g/mol. The van der Waals surface area contributed by atoms with Crippen molar-refractivity contribution in [2.45, 2.75) is 65.2 Å². The number of unbranched alkanes of at least 4 members (excludes halogenated alkanes) is 3. The van der Waals surface area contributed by atoms with Crippen molar-refractivity contribution in [3.05, 3.63) is 53.6 Å². The molecule has 2 aromatic carbocycles. The highest BCUT2D eigenvalue weighted by Gasteiger charge is 2.15. The zero-order chi connectivity index (χ0) is 16.1. The van der Waals surface area contributed by atoms with Gasteiger partial charge in [0.05, 0.1) is 0 Å². The van der Waals surface area contributed by atoms with Crippen LogP contribution in [0.3, 0.4) is 0 Å². The van der Waals surface area contributed by atoms with Crippen LogP contribution in [0, 0.1) is 12.8 Å². The summed E-state index contributed by atoms with van der Waals surface area (Å²) in [5.41, 5.74) is 4.34. The largest absolute Gasteiger partial charge is 0.0804 e. The molecule has 1 aliphatic rings. The molecule has 0 saturated heterocycles. The Morgan fingerprint density at radius 1 is 0.957 bits per heavy atom. The van der Waals surface area contributed by atoms with Crippen molar-refractivity contribution >= 4 is 16.3 Å². The zero-order valence-corrected chi connectivity index (χ0v) is 14.8. The maximum absolute atomic E-state index is 2.52. The van der Waals surface area contributed by atoms with Gasteiger partial charge in [0.25, 0.3) is 0 Å². The van der Waals surface area contributed by atoms with Crippen LogP contribution >= 0.6 is 0 Å². The summed E-state index contributed by atoms with van der Waals surface area (Å²) >= 11 is 0. The lowest BCUT2D eigenvalue weighted by Gasteiger charge is -2.22. The van der Waals surface area contributed by atoms with Gasteiger partial charge < -0.3 is 0 Å². The van der Waals surface area contributed by atoms with Crippen molar-refractivity contribution in [2.24, 2.45) is 5.92 Å². The van der Waals surface area contributed by atoms with Crippen molar-refractivity contribution in [2.75, 3.05) is 0 Å². The summed E-state index contributed by atoms with van der Waals surface area (Å²) in [6.45, 7) is 4.46. The van der Waals surface area contributed by atoms with Gasteiger partial charge in [0.15, 0.2) is 0 Å². The van der Waals surface area contributed by atoms with Crippen LogP contribution in [0.4, 0.5) is 0 Å². The van der Waals surface area contributed by atoms with Crippen LogP contribution in [0.1, 0.15) is 69.4 Å². The summed E-state index contributed by atoms with van der Waals surface area (Å²) < 4.78 is 0. The van der Waals surface area contributed by atoms with E-state index in [2.05, 4.69) is 56.3 Å². The van der Waals surface area contributed by atoms with Crippen molar-refractivity contribution in [3.8, 4) is 0 Å². The smallest absolute Gasteiger partial charge is 0.0178 e. The van der Waals surface area contributed by atoms with Gasteiger partial charge in [-0.2, -0.15) is 0 Å². The first-order valence-corrected chi connectivity index (χ1v) is 9.46. The van der Waals surface area contributed by atoms with Crippen LogP contribution in [0.25, 0.3) is 16.3 Å². The first kappa shape index (κ1) is 16.3. The van der Waals surface area contributed by atoms with Crippen LogP contribution in [0.15, 0.2) is 42.5 Å². The number of benzene rings is 2. The Labute approximate surface area is 141 Å². The van der Waals surface area contributed by atoms with Gasteiger partial charge in [-0.1, -0.05) is 81.0 Å². The molecular formula is C23H30. The summed E-state index contributed by atoms with van der Waals surface area (Å²) in [6.07, 6.45) is 13.5. The molecule has 23 heavy (non-hydrogen) atoms. The van der Waals surface area contributed by atoms with Gasteiger partial charge in [0.1, 0.15) is 0 Å². The first-order valence-electron chi connectivity index (χ1n) is 9.46. The van der Waals surface area contributed by atoms with E-state index in [1.165, 1.54) is 73.3 Å². The first-order chi connectivity index (χ1) is 11.3. The average Bonchev–Trinajstić information content (AvgIpc) is 2.59. The molecule has 0 nitrogen and oxygen atoms in total. The number of allylic oxidation sites excluding steroid dienone is 2. The van der Waals surface area contributed by atoms with Crippen molar-refractivity contribution in [1.29, 1.82) is 0 Å². The predicted octanol–water partition coefficient (Wildman–Crippen LogP) is 7.30. The Hall–Kier alpha value is -1.56. The maximum atomic E-state index is 2.52. The molecule has 0 aromatic heterocycles. The maximum Gasteiger partial charge on any atom is -0.0178 e. The number of hydrogen-bond acceptors (Lipinski definition) is 0. The highest BCUT2D eigenvalue weighted by molar-refractivity contribution is 5.87. The fourth-order valence-electron chi connectivity index (χ4n) is 3.84. The molecule has 0 N–H and O–H groups in total. The van der Waals surface area contributed by atoms with Crippen LogP contribution in [0.5, 0.6) is 0 Å². The third-order valence-electron chi connectivity index (χ3n) is 5.35. The molecule has 0 heteroatoms. The molecule has 0 amide bonds. The van der Waals surface area contributed by atoms with E-state index in [1.54, 1.807) is 5.57 Å². The molecule has 0 spiro atoms. The normalized spacial score (nSPS) is 18.2. The summed E-state index contributed by atoms with van der Waals surface area (Å²) in [7, 11) is 0. The summed E-state index contributed by atoms with van der Waals surface area (Å²) in [5.74, 6) is 0.929. The topological polar surface area (TPSA) is 0 Å². The van der Waals surface area contributed by atoms with E-state index in [-0.39, 0.29) is 0 Å². The van der Waals surface area contributed by atoms with Gasteiger partial charge in [0.2, 0.25) is 0 Å². The van der Waals surface area contributed by atoms with Gasteiger partial charge in [-0.05, 0) is 60.1 Å². The molecule has 0 bridgehead atoms. The van der Waals surface area contributed by atoms with Gasteiger partial charge in [-0.25, -0.2) is 0 Å². The molecule has 3 rings (SSSR count). The zero-order valence-electron chi connectivity index (χ0n) is 14.8. The number of fused-ring (bicyclic) bond motifs is 1. The third-order valence-corrected chi connectivity index (χ3v) is 5.35. The lowest BCUT2D eigenvalue weighted by atomic mass is 9.83. The highest BCUT2D eigenvalue weighted by Crippen LogP contribution is 2.34. The SMILES string of the molecule is CCCCCCC1CC=C(c2ccc3cc(C)ccc3c2)CC1. The Balaban J connectivity index is 1.64. The second-order valence-corrected chi connectivity index (χ2v) is 7.28. The standard InChI is InChI=1S/C23H30/c1-3-4-5-6-7-19-9-12-20(13-10-19)22-15-14-21-16-18(2)8-11-23(21)17-22/h8,11-12,14-17,19H,3-7,9-10,13H2,1-2H3. The van der Waals surface area contributed by atoms with E-state index in [1.807, 2.05) is 0 Å². The predicted molar refractivity (Wildman–Crippen MR) is 103 cm³/mol. The Kier molecular flexibility index (Phi) is 5.54. The lowest BCUT2D eigenvalue weighted by molar-refractivity contribution is 0.425. The van der Waals surface area contributed by atoms with Crippen molar-refractivity contribution in [3.63, 3.8) is 0 Å². The Morgan fingerprint density at radius 2 is 1.78 bits per heavy atom. The van der Waals surface area contributed by atoms with Crippen LogP contribution < -0.4 is 0 Å². The monoisotopic (exact) mass is 306 g/mol. The minimum Gasteiger partial charge on any atom is -0.0804 e. The van der Waals surface area contributed by atoms with Crippen LogP contribution in [-0.4, -0.2) is 0 Å². The lowest BCUT2D eigenvalue weighted by Crippen LogP contribution is -2.05. The quantitative estimate of drug-likeness (QED) is 0.491. The van der Waals surface area contributed by atoms with Gasteiger partial charge in [-0.15, -0.1) is 0 Å². The molecule has 1 aliphatic carbocycles. The second kappa shape index (κ2) is 7.81. The van der Waals surface area contributed by atoms with Crippen LogP contribution in [-0.2, 0) is 0 Å². The molecule has 0 aliphatic heterocycles. The Morgan fingerprint density at radius 3 is 2.57 bits per heavy atom. The Bertz CT molecular complexity index is 677. The van der Waals surface area contributed by atoms with Crippen molar-refractivity contribution < 1.29 is 0 Å². The molecule has 0 radical (unpaired) electrons. The second-order valence-electron chi connectivity index (χ2n) is 7.28. The third kappa shape index (κ3) is 4.25. The average molecular weight is 306 g/mol. The van der Waals surface area contributed by atoms with Gasteiger partial charge in [-0.3, -0.25) is 0 Å². The van der Waals surface area contributed by atoms with Gasteiger partial charge >= 0.3 is 0 Å². The van der Waals surface area contributed by atoms with Crippen LogP contribution in [0.2, 0.25) is 0 Å². The fourth-order valence-corrected chi connectivity index (χ4v) is 3.84. The highest BCUT2D eigenvalue weighted by atomic mass is 14.2. The summed E-state index contributed by atoms with van der Waals surface area (Å²) in [4.78, 5) is 0. The number of hydrogen-bond donors (Lipinski definition) is 0. The molecule has 122 valence electrons. The molecule has 1 atom stereocenters. The van der Waals surface area contributed by atoms with E-state index in [0.717, 1.165) is 5.92 Å². The number of aryl methyl sites for hydroxylation is 1. The van der Waals surface area contributed by atoms with Crippen molar-refractivity contribution in [1.82, 2.24) is 0 Å². The van der Waals surface area contributed by atoms with E-state index >= 15 is 0 Å². The summed E-state index contributed by atoms with van der Waals surface area (Å²) in [5, 5.41) is 2.73. The molecule has 0 saturated carbocycles. The van der Waals surface area contributed by atoms with E-state index in [9.17, 15) is 0 Å². The van der Waals surface area contributed by atoms with E-state index in [0.29, 0.717) is 0 Å².